The molecule has 0 N–H and O–H groups in total. The van der Waals surface area contributed by atoms with Crippen LogP contribution >= 0.6 is 0 Å². The molecular formula is C85H120N5Y5. The van der Waals surface area contributed by atoms with Crippen LogP contribution in [0.25, 0.3) is 55.9 Å². The SMILES string of the molecule is CC.CC.CC.CC.CC.CC.CC.CC.CC.CC.Cc1[c-]c(-c2[c-]cccc2)ccn1.Cc1[c-]c(-c2[c-]cccc2)cnc1.Cc1[c-]c(-c2[c-]cccc2)ncc1.Cc1[c-]c(-c2[c-]cccn2)ccc1.Cc1[c-]c(-c2[c-]ccnc2)ccc1.[CH3-].[CH3-].[CH3-].[CH3-].[CH3-].[Y+3].[Y+3].[Y+3].[Y+3].[Y+3]. The summed E-state index contributed by atoms with van der Waals surface area (Å²) in [6, 6.07) is 76.7. The van der Waals surface area contributed by atoms with Crippen LogP contribution < -0.4 is 0 Å². The summed E-state index contributed by atoms with van der Waals surface area (Å²) in [5.74, 6) is 0. The minimum atomic E-state index is 0. The van der Waals surface area contributed by atoms with Crippen LogP contribution in [0.15, 0.2) is 183 Å². The van der Waals surface area contributed by atoms with Gasteiger partial charge in [-0.15, -0.1) is 76.6 Å². The molecule has 5 aromatic carbocycles. The molecule has 10 heteroatoms. The molecule has 0 saturated heterocycles. The van der Waals surface area contributed by atoms with Crippen LogP contribution in [0.3, 0.4) is 0 Å². The fourth-order valence-corrected chi connectivity index (χ4v) is 5.98. The average molecular weight is 1660 g/mol. The largest absolute Gasteiger partial charge is 3.00 e. The van der Waals surface area contributed by atoms with Crippen molar-refractivity contribution < 1.29 is 164 Å². The molecule has 0 aliphatic heterocycles. The first kappa shape index (κ1) is 129. The molecule has 5 heterocycles. The second kappa shape index (κ2) is 97.8. The summed E-state index contributed by atoms with van der Waals surface area (Å²) in [6.45, 7) is 50.0. The number of nitrogens with zero attached hydrogens (tertiary/aromatic N) is 5. The predicted octanol–water partition coefficient (Wildman–Crippen LogP) is 25.8. The Morgan fingerprint density at radius 2 is 0.600 bits per heavy atom. The molecule has 5 aromatic heterocycles. The Bertz CT molecular complexity index is 2470. The second-order valence-electron chi connectivity index (χ2n) is 14.4. The number of pyridine rings is 5. The number of hydrogen-bond donors (Lipinski definition) is 0. The van der Waals surface area contributed by atoms with Crippen molar-refractivity contribution in [3.63, 3.8) is 0 Å². The number of aryl methyl sites for hydroxylation is 5. The van der Waals surface area contributed by atoms with Gasteiger partial charge in [-0.25, -0.2) is 75.8 Å². The van der Waals surface area contributed by atoms with Crippen LogP contribution in [-0.2, 0) is 164 Å². The maximum absolute atomic E-state index is 4.22. The van der Waals surface area contributed by atoms with Gasteiger partial charge < -0.3 is 57.1 Å². The van der Waals surface area contributed by atoms with Crippen molar-refractivity contribution in [3.05, 3.63) is 309 Å². The van der Waals surface area contributed by atoms with Gasteiger partial charge in [0.2, 0.25) is 0 Å². The van der Waals surface area contributed by atoms with E-state index in [4.69, 9.17) is 0 Å². The van der Waals surface area contributed by atoms with E-state index in [0.29, 0.717) is 0 Å². The Balaban J connectivity index is -0.0000000591. The van der Waals surface area contributed by atoms with Gasteiger partial charge in [-0.1, -0.05) is 191 Å². The van der Waals surface area contributed by atoms with E-state index < -0.39 is 0 Å². The van der Waals surface area contributed by atoms with Crippen molar-refractivity contribution in [1.82, 2.24) is 24.9 Å². The summed E-state index contributed by atoms with van der Waals surface area (Å²) in [4.78, 5) is 20.7. The normalized spacial score (nSPS) is 7.42. The first-order valence-corrected chi connectivity index (χ1v) is 30.9. The van der Waals surface area contributed by atoms with Gasteiger partial charge in [0.15, 0.2) is 0 Å². The number of rotatable bonds is 5. The van der Waals surface area contributed by atoms with Crippen LogP contribution in [0.1, 0.15) is 166 Å². The summed E-state index contributed by atoms with van der Waals surface area (Å²) in [5, 5.41) is 0. The molecule has 0 fully saturated rings. The van der Waals surface area contributed by atoms with Crippen molar-refractivity contribution in [2.45, 2.75) is 173 Å². The van der Waals surface area contributed by atoms with Gasteiger partial charge in [0, 0.05) is 0 Å². The van der Waals surface area contributed by atoms with Crippen LogP contribution in [0.4, 0.5) is 0 Å². The Labute approximate surface area is 716 Å². The summed E-state index contributed by atoms with van der Waals surface area (Å²) in [6.07, 6.45) is 12.5. The summed E-state index contributed by atoms with van der Waals surface area (Å²) in [7, 11) is 0. The van der Waals surface area contributed by atoms with Crippen LogP contribution in [0.5, 0.6) is 0 Å². The van der Waals surface area contributed by atoms with Gasteiger partial charge in [0.1, 0.15) is 0 Å². The summed E-state index contributed by atoms with van der Waals surface area (Å²) < 4.78 is 0. The van der Waals surface area contributed by atoms with Gasteiger partial charge in [-0.3, -0.25) is 16.1 Å². The molecule has 0 amide bonds. The van der Waals surface area contributed by atoms with E-state index in [9.17, 15) is 0 Å². The molecule has 95 heavy (non-hydrogen) atoms. The first-order chi connectivity index (χ1) is 41.8. The molecule has 5 nitrogen and oxygen atoms in total. The van der Waals surface area contributed by atoms with Crippen LogP contribution in [0, 0.1) is 132 Å². The van der Waals surface area contributed by atoms with E-state index in [1.54, 1.807) is 43.4 Å². The van der Waals surface area contributed by atoms with E-state index in [2.05, 4.69) is 85.6 Å². The Morgan fingerprint density at radius 3 is 1.00 bits per heavy atom. The fraction of sp³-hybridized carbons (Fsp3) is 0.294. The van der Waals surface area contributed by atoms with Gasteiger partial charge in [-0.05, 0) is 31.2 Å². The molecule has 0 atom stereocenters. The molecule has 0 saturated carbocycles. The Hall–Kier alpha value is -2.63. The quantitative estimate of drug-likeness (QED) is 0.161. The molecule has 0 radical (unpaired) electrons. The van der Waals surface area contributed by atoms with Gasteiger partial charge >= 0.3 is 164 Å². The van der Waals surface area contributed by atoms with E-state index in [-0.39, 0.29) is 201 Å². The minimum Gasteiger partial charge on any atom is -0.370 e. The van der Waals surface area contributed by atoms with Crippen molar-refractivity contribution in [1.29, 1.82) is 0 Å². The topological polar surface area (TPSA) is 64.5 Å². The van der Waals surface area contributed by atoms with E-state index in [1.807, 2.05) is 313 Å². The Kier molecular flexibility index (Phi) is 133. The molecule has 10 aromatic rings. The number of hydrogen-bond acceptors (Lipinski definition) is 5. The standard InChI is InChI=1S/5C12H9N.10C2H6.5CH3.5Y/c1-10-4-2-5-11(8-10)12-6-3-7-13-9-12;1-10-5-4-6-11(9-10)12-7-2-3-8-13-12;1-10-7-12(9-13-8-10)11-5-3-2-4-6-11;1-10-9-12(7-8-13-10)11-5-3-2-4-6-11;1-10-7-8-13-12(9-10)11-5-3-2-4-6-11;10*1-2;;;;;;;;;;/h2-5,7,9H,1H3;2-6,8H,1H3;2-5,8-9H,1H3;2*2-5,7-8H,1H3;10*1-2H3;5*1H3;;;;;/q5*-2;;;;;;;;;;;5*-1;5*+3. The third-order valence-corrected chi connectivity index (χ3v) is 9.07. The average Bonchev–Trinajstić information content (AvgIpc) is 3.77. The fourth-order valence-electron chi connectivity index (χ4n) is 5.98. The number of benzene rings is 5. The zero-order valence-electron chi connectivity index (χ0n) is 64.9. The van der Waals surface area contributed by atoms with Crippen molar-refractivity contribution >= 4 is 0 Å². The monoisotopic (exact) mass is 1660 g/mol. The smallest absolute Gasteiger partial charge is 0.370 e. The van der Waals surface area contributed by atoms with E-state index in [1.165, 1.54) is 0 Å². The molecule has 0 aliphatic carbocycles. The third kappa shape index (κ3) is 63.3. The third-order valence-electron chi connectivity index (χ3n) is 9.07. The van der Waals surface area contributed by atoms with Crippen molar-refractivity contribution in [2.75, 3.05) is 0 Å². The zero-order chi connectivity index (χ0) is 65.5. The van der Waals surface area contributed by atoms with Crippen LogP contribution in [-0.4, -0.2) is 24.9 Å². The van der Waals surface area contributed by atoms with Crippen LogP contribution in [0.2, 0.25) is 0 Å². The molecule has 0 spiro atoms. The predicted molar refractivity (Wildman–Crippen MR) is 406 cm³/mol. The first-order valence-electron chi connectivity index (χ1n) is 30.9. The molecule has 0 bridgehead atoms. The molecule has 0 unspecified atom stereocenters. The maximum atomic E-state index is 4.22. The maximum Gasteiger partial charge on any atom is 3.00 e. The zero-order valence-corrected chi connectivity index (χ0v) is 79.1. The van der Waals surface area contributed by atoms with E-state index >= 15 is 0 Å². The molecule has 0 aliphatic rings. The number of aromatic nitrogens is 5. The minimum absolute atomic E-state index is 0. The molecule has 10 rings (SSSR count). The van der Waals surface area contributed by atoms with Gasteiger partial charge in [-0.2, -0.15) is 115 Å². The van der Waals surface area contributed by atoms with Gasteiger partial charge in [0.05, 0.1) is 0 Å². The van der Waals surface area contributed by atoms with Crippen molar-refractivity contribution in [2.24, 2.45) is 0 Å². The molecular weight excluding hydrogens is 1540 g/mol. The van der Waals surface area contributed by atoms with E-state index in [0.717, 1.165) is 83.8 Å². The second-order valence-corrected chi connectivity index (χ2v) is 14.4. The Morgan fingerprint density at radius 1 is 0.232 bits per heavy atom. The summed E-state index contributed by atoms with van der Waals surface area (Å²) in [5.41, 5.74) is 15.2. The molecule has 500 valence electrons. The summed E-state index contributed by atoms with van der Waals surface area (Å²) >= 11 is 0. The van der Waals surface area contributed by atoms with Crippen molar-refractivity contribution in [3.8, 4) is 55.9 Å². The van der Waals surface area contributed by atoms with Gasteiger partial charge in [0.25, 0.3) is 0 Å².